The van der Waals surface area contributed by atoms with Crippen LogP contribution in [0.5, 0.6) is 0 Å². The largest absolute Gasteiger partial charge is 0.464 e. The van der Waals surface area contributed by atoms with Gasteiger partial charge in [-0.1, -0.05) is 0 Å². The van der Waals surface area contributed by atoms with Gasteiger partial charge in [-0.05, 0) is 24.0 Å². The molecule has 0 unspecified atom stereocenters. The number of thioether (sulfide) groups is 2. The number of amides is 1. The van der Waals surface area contributed by atoms with Crippen molar-refractivity contribution in [3.8, 4) is 0 Å². The Balaban J connectivity index is 2.34. The maximum absolute atomic E-state index is 12.5. The SMILES string of the molecule is COC(=O)c1c(NC(=O)c2c(SC)nsc2SC)cnn1C. The highest BCUT2D eigenvalue weighted by Gasteiger charge is 2.24. The smallest absolute Gasteiger partial charge is 0.358 e. The summed E-state index contributed by atoms with van der Waals surface area (Å²) >= 11 is 4.14. The molecule has 1 N–H and O–H groups in total. The number of nitrogens with one attached hydrogen (secondary N) is 1. The number of esters is 1. The molecule has 2 rings (SSSR count). The summed E-state index contributed by atoms with van der Waals surface area (Å²) in [6.07, 6.45) is 5.17. The van der Waals surface area contributed by atoms with Crippen molar-refractivity contribution in [2.75, 3.05) is 24.9 Å². The number of aromatic nitrogens is 3. The number of carbonyl (C=O) groups is 2. The maximum atomic E-state index is 12.5. The van der Waals surface area contributed by atoms with Crippen LogP contribution in [0.15, 0.2) is 15.4 Å². The van der Waals surface area contributed by atoms with Crippen molar-refractivity contribution >= 4 is 52.6 Å². The minimum Gasteiger partial charge on any atom is -0.464 e. The second-order valence-corrected chi connectivity index (χ2v) is 6.68. The number of hydrogen-bond donors (Lipinski definition) is 1. The van der Waals surface area contributed by atoms with E-state index in [-0.39, 0.29) is 11.6 Å². The minimum absolute atomic E-state index is 0.190. The average Bonchev–Trinajstić information content (AvgIpc) is 3.09. The molecule has 7 nitrogen and oxygen atoms in total. The van der Waals surface area contributed by atoms with E-state index in [0.717, 1.165) is 4.21 Å². The monoisotopic (exact) mass is 358 g/mol. The van der Waals surface area contributed by atoms with Crippen molar-refractivity contribution in [3.63, 3.8) is 0 Å². The predicted molar refractivity (Wildman–Crippen MR) is 88.2 cm³/mol. The second kappa shape index (κ2) is 7.16. The van der Waals surface area contributed by atoms with Gasteiger partial charge in [-0.2, -0.15) is 9.47 Å². The van der Waals surface area contributed by atoms with Gasteiger partial charge in [0.25, 0.3) is 5.91 Å². The number of anilines is 1. The summed E-state index contributed by atoms with van der Waals surface area (Å²) in [5.74, 6) is -0.880. The molecule has 118 valence electrons. The van der Waals surface area contributed by atoms with Crippen molar-refractivity contribution in [1.82, 2.24) is 14.2 Å². The van der Waals surface area contributed by atoms with E-state index < -0.39 is 5.97 Å². The molecule has 0 aliphatic carbocycles. The van der Waals surface area contributed by atoms with Gasteiger partial charge in [-0.3, -0.25) is 9.48 Å². The van der Waals surface area contributed by atoms with Gasteiger partial charge in [0.05, 0.1) is 28.8 Å². The molecule has 2 aromatic rings. The van der Waals surface area contributed by atoms with Gasteiger partial charge in [0.15, 0.2) is 5.69 Å². The first-order valence-corrected chi connectivity index (χ1v) is 9.25. The molecule has 22 heavy (non-hydrogen) atoms. The van der Waals surface area contributed by atoms with Gasteiger partial charge in [0.2, 0.25) is 0 Å². The first kappa shape index (κ1) is 16.8. The van der Waals surface area contributed by atoms with Crippen molar-refractivity contribution in [3.05, 3.63) is 17.5 Å². The fraction of sp³-hybridized carbons (Fsp3) is 0.333. The van der Waals surface area contributed by atoms with Crippen LogP contribution in [0.4, 0.5) is 5.69 Å². The van der Waals surface area contributed by atoms with Crippen molar-refractivity contribution in [1.29, 1.82) is 0 Å². The molecule has 0 radical (unpaired) electrons. The number of rotatable bonds is 5. The zero-order valence-electron chi connectivity index (χ0n) is 12.4. The third-order valence-electron chi connectivity index (χ3n) is 2.80. The van der Waals surface area contributed by atoms with E-state index >= 15 is 0 Å². The fourth-order valence-corrected chi connectivity index (χ4v) is 4.06. The van der Waals surface area contributed by atoms with Gasteiger partial charge in [0.1, 0.15) is 5.03 Å². The van der Waals surface area contributed by atoms with E-state index in [4.69, 9.17) is 4.74 Å². The molecule has 10 heteroatoms. The van der Waals surface area contributed by atoms with E-state index in [9.17, 15) is 9.59 Å². The Hall–Kier alpha value is -1.52. The lowest BCUT2D eigenvalue weighted by atomic mass is 10.3. The number of aryl methyl sites for hydroxylation is 1. The molecule has 0 aromatic carbocycles. The number of carbonyl (C=O) groups excluding carboxylic acids is 2. The zero-order chi connectivity index (χ0) is 16.3. The summed E-state index contributed by atoms with van der Waals surface area (Å²) in [6, 6.07) is 0. The van der Waals surface area contributed by atoms with E-state index in [1.165, 1.54) is 53.0 Å². The third kappa shape index (κ3) is 3.13. The Morgan fingerprint density at radius 3 is 2.68 bits per heavy atom. The quantitative estimate of drug-likeness (QED) is 0.648. The lowest BCUT2D eigenvalue weighted by Gasteiger charge is -2.07. The van der Waals surface area contributed by atoms with Crippen molar-refractivity contribution in [2.45, 2.75) is 9.24 Å². The molecule has 0 bridgehead atoms. The lowest BCUT2D eigenvalue weighted by Crippen LogP contribution is -2.17. The van der Waals surface area contributed by atoms with Crippen LogP contribution in [-0.2, 0) is 11.8 Å². The number of hydrogen-bond acceptors (Lipinski definition) is 8. The fourth-order valence-electron chi connectivity index (χ4n) is 1.78. The molecule has 2 heterocycles. The summed E-state index contributed by atoms with van der Waals surface area (Å²) in [5.41, 5.74) is 1.02. The first-order valence-electron chi connectivity index (χ1n) is 6.02. The molecular weight excluding hydrogens is 344 g/mol. The summed E-state index contributed by atoms with van der Waals surface area (Å²) in [7, 11) is 2.89. The Morgan fingerprint density at radius 2 is 2.09 bits per heavy atom. The maximum Gasteiger partial charge on any atom is 0.358 e. The molecule has 0 atom stereocenters. The van der Waals surface area contributed by atoms with Crippen LogP contribution in [0.2, 0.25) is 0 Å². The first-order chi connectivity index (χ1) is 10.5. The van der Waals surface area contributed by atoms with Gasteiger partial charge in [-0.25, -0.2) is 4.79 Å². The minimum atomic E-state index is -0.561. The Kier molecular flexibility index (Phi) is 5.48. The molecule has 0 aliphatic rings. The summed E-state index contributed by atoms with van der Waals surface area (Å²) in [6.45, 7) is 0. The lowest BCUT2D eigenvalue weighted by molar-refractivity contribution is 0.0589. The average molecular weight is 358 g/mol. The van der Waals surface area contributed by atoms with Gasteiger partial charge in [-0.15, -0.1) is 23.5 Å². The highest BCUT2D eigenvalue weighted by Crippen LogP contribution is 2.33. The molecule has 0 aliphatic heterocycles. The van der Waals surface area contributed by atoms with Crippen LogP contribution in [-0.4, -0.2) is 45.7 Å². The Morgan fingerprint density at radius 1 is 1.36 bits per heavy atom. The van der Waals surface area contributed by atoms with Crippen molar-refractivity contribution in [2.24, 2.45) is 7.05 Å². The van der Waals surface area contributed by atoms with Gasteiger partial charge >= 0.3 is 5.97 Å². The van der Waals surface area contributed by atoms with Crippen LogP contribution in [0.1, 0.15) is 20.8 Å². The summed E-state index contributed by atoms with van der Waals surface area (Å²) < 4.78 is 11.1. The van der Waals surface area contributed by atoms with Gasteiger partial charge < -0.3 is 10.1 Å². The summed E-state index contributed by atoms with van der Waals surface area (Å²) in [4.78, 5) is 24.3. The number of methoxy groups -OCH3 is 1. The second-order valence-electron chi connectivity index (χ2n) is 4.03. The predicted octanol–water partition coefficient (Wildman–Crippen LogP) is 2.36. The van der Waals surface area contributed by atoms with E-state index in [1.807, 2.05) is 12.5 Å². The molecule has 0 saturated carbocycles. The number of ether oxygens (including phenoxy) is 1. The highest BCUT2D eigenvalue weighted by molar-refractivity contribution is 8.01. The Bertz CT molecular complexity index is 689. The third-order valence-corrected chi connectivity index (χ3v) is 5.54. The van der Waals surface area contributed by atoms with E-state index in [2.05, 4.69) is 14.8 Å². The van der Waals surface area contributed by atoms with Crippen molar-refractivity contribution < 1.29 is 14.3 Å². The number of nitrogens with zero attached hydrogens (tertiary/aromatic N) is 3. The molecule has 0 saturated heterocycles. The van der Waals surface area contributed by atoms with Crippen LogP contribution in [0.25, 0.3) is 0 Å². The zero-order valence-corrected chi connectivity index (χ0v) is 14.8. The van der Waals surface area contributed by atoms with Crippen LogP contribution in [0, 0.1) is 0 Å². The van der Waals surface area contributed by atoms with E-state index in [0.29, 0.717) is 16.3 Å². The molecule has 1 amide bonds. The molecule has 2 aromatic heterocycles. The van der Waals surface area contributed by atoms with Crippen LogP contribution >= 0.6 is 35.1 Å². The highest BCUT2D eigenvalue weighted by atomic mass is 32.2. The Labute approximate surface area is 140 Å². The molecular formula is C12H14N4O3S3. The summed E-state index contributed by atoms with van der Waals surface area (Å²) in [5, 5.41) is 7.36. The molecule has 0 fully saturated rings. The normalized spacial score (nSPS) is 10.5. The standard InChI is InChI=1S/C12H14N4O3S3/c1-16-8(11(18)19-2)6(5-13-16)14-9(17)7-10(20-3)15-22-12(7)21-4/h5H,1-4H3,(H,14,17). The topological polar surface area (TPSA) is 86.1 Å². The molecule has 0 spiro atoms. The van der Waals surface area contributed by atoms with Gasteiger partial charge in [0, 0.05) is 7.05 Å². The van der Waals surface area contributed by atoms with Crippen LogP contribution < -0.4 is 5.32 Å². The van der Waals surface area contributed by atoms with Crippen LogP contribution in [0.3, 0.4) is 0 Å². The van der Waals surface area contributed by atoms with E-state index in [1.54, 1.807) is 7.05 Å².